The van der Waals surface area contributed by atoms with Crippen LogP contribution in [-0.4, -0.2) is 22.0 Å². The Labute approximate surface area is 199 Å². The van der Waals surface area contributed by atoms with Gasteiger partial charge in [-0.3, -0.25) is 0 Å². The van der Waals surface area contributed by atoms with Crippen LogP contribution in [-0.2, 0) is 5.60 Å². The van der Waals surface area contributed by atoms with Gasteiger partial charge in [-0.15, -0.1) is 0 Å². The van der Waals surface area contributed by atoms with Crippen LogP contribution in [0, 0.1) is 5.82 Å². The third kappa shape index (κ3) is 4.27. The fraction of sp³-hybridized carbons (Fsp3) is 0.207. The van der Waals surface area contributed by atoms with Crippen molar-refractivity contribution in [3.05, 3.63) is 102 Å². The van der Waals surface area contributed by atoms with E-state index in [1.807, 2.05) is 59.3 Å². The first kappa shape index (κ1) is 23.5. The summed E-state index contributed by atoms with van der Waals surface area (Å²) in [6.07, 6.45) is 3.03. The number of fused-ring (bicyclic) bond motifs is 2. The standard InChI is InChI=1S/C26H21FN2O2.C3H8/c1-26(30,23-12-13-24(27)22-6-4-3-5-21(22)23)18-7-14-25-17(15-18)16-28-29(25)19-8-10-20(31-2)11-9-19;1-3-2/h3-16,30H,1-2H3;3H2,1-2H3. The van der Waals surface area contributed by atoms with E-state index in [0.29, 0.717) is 21.9 Å². The summed E-state index contributed by atoms with van der Waals surface area (Å²) in [4.78, 5) is 0. The quantitative estimate of drug-likeness (QED) is 0.317. The van der Waals surface area contributed by atoms with Gasteiger partial charge >= 0.3 is 0 Å². The maximum absolute atomic E-state index is 14.3. The van der Waals surface area contributed by atoms with Crippen molar-refractivity contribution >= 4 is 21.7 Å². The summed E-state index contributed by atoms with van der Waals surface area (Å²) in [5, 5.41) is 18.1. The average Bonchev–Trinajstić information content (AvgIpc) is 3.28. The molecule has 0 radical (unpaired) electrons. The first-order chi connectivity index (χ1) is 16.4. The van der Waals surface area contributed by atoms with Gasteiger partial charge in [-0.2, -0.15) is 5.10 Å². The molecule has 5 heteroatoms. The maximum atomic E-state index is 14.3. The summed E-state index contributed by atoms with van der Waals surface area (Å²) < 4.78 is 21.4. The highest BCUT2D eigenvalue weighted by Gasteiger charge is 2.28. The molecule has 0 amide bonds. The zero-order chi connectivity index (χ0) is 24.3. The summed E-state index contributed by atoms with van der Waals surface area (Å²) in [6.45, 7) is 5.99. The first-order valence-electron chi connectivity index (χ1n) is 11.4. The number of rotatable bonds is 4. The SMILES string of the molecule is CCC.COc1ccc(-n2ncc3cc(C(C)(O)c4ccc(F)c5ccccc45)ccc32)cc1. The van der Waals surface area contributed by atoms with Crippen LogP contribution in [0.1, 0.15) is 38.3 Å². The molecule has 1 heterocycles. The lowest BCUT2D eigenvalue weighted by Gasteiger charge is -2.26. The van der Waals surface area contributed by atoms with Crippen molar-refractivity contribution in [2.75, 3.05) is 7.11 Å². The van der Waals surface area contributed by atoms with Crippen LogP contribution in [0.15, 0.2) is 85.1 Å². The van der Waals surface area contributed by atoms with Crippen LogP contribution in [0.4, 0.5) is 4.39 Å². The Hall–Kier alpha value is -3.70. The molecular formula is C29H29FN2O2. The number of hydrogen-bond donors (Lipinski definition) is 1. The Balaban J connectivity index is 0.000000868. The highest BCUT2D eigenvalue weighted by molar-refractivity contribution is 5.88. The molecule has 4 aromatic carbocycles. The highest BCUT2D eigenvalue weighted by Crippen LogP contribution is 2.36. The molecule has 0 saturated carbocycles. The molecule has 0 saturated heterocycles. The Morgan fingerprint density at radius 2 is 1.62 bits per heavy atom. The van der Waals surface area contributed by atoms with Gasteiger partial charge in [0.25, 0.3) is 0 Å². The van der Waals surface area contributed by atoms with Gasteiger partial charge < -0.3 is 9.84 Å². The monoisotopic (exact) mass is 456 g/mol. The zero-order valence-corrected chi connectivity index (χ0v) is 19.9. The van der Waals surface area contributed by atoms with E-state index in [-0.39, 0.29) is 5.82 Å². The third-order valence-electron chi connectivity index (χ3n) is 5.84. The predicted molar refractivity (Wildman–Crippen MR) is 136 cm³/mol. The number of halogens is 1. The third-order valence-corrected chi connectivity index (χ3v) is 5.84. The number of aliphatic hydroxyl groups is 1. The summed E-state index contributed by atoms with van der Waals surface area (Å²) >= 11 is 0. The molecule has 0 fully saturated rings. The minimum atomic E-state index is -1.30. The topological polar surface area (TPSA) is 47.3 Å². The second kappa shape index (κ2) is 9.65. The number of nitrogens with zero attached hydrogens (tertiary/aromatic N) is 2. The molecule has 0 spiro atoms. The Kier molecular flexibility index (Phi) is 6.66. The number of hydrogen-bond acceptors (Lipinski definition) is 3. The van der Waals surface area contributed by atoms with Crippen LogP contribution in [0.2, 0.25) is 0 Å². The van der Waals surface area contributed by atoms with Crippen molar-refractivity contribution in [3.63, 3.8) is 0 Å². The lowest BCUT2D eigenvalue weighted by Crippen LogP contribution is -2.23. The van der Waals surface area contributed by atoms with E-state index in [1.165, 1.54) is 12.5 Å². The molecule has 174 valence electrons. The van der Waals surface area contributed by atoms with Crippen molar-refractivity contribution < 1.29 is 14.2 Å². The number of benzene rings is 4. The van der Waals surface area contributed by atoms with Gasteiger partial charge in [-0.25, -0.2) is 9.07 Å². The molecule has 1 N–H and O–H groups in total. The zero-order valence-electron chi connectivity index (χ0n) is 19.9. The van der Waals surface area contributed by atoms with Crippen molar-refractivity contribution in [1.29, 1.82) is 0 Å². The van der Waals surface area contributed by atoms with Crippen molar-refractivity contribution in [2.24, 2.45) is 0 Å². The molecule has 1 unspecified atom stereocenters. The number of aromatic nitrogens is 2. The normalized spacial score (nSPS) is 12.8. The van der Waals surface area contributed by atoms with Gasteiger partial charge in [0, 0.05) is 10.8 Å². The molecular weight excluding hydrogens is 427 g/mol. The average molecular weight is 457 g/mol. The van der Waals surface area contributed by atoms with Crippen molar-refractivity contribution in [2.45, 2.75) is 32.8 Å². The van der Waals surface area contributed by atoms with E-state index < -0.39 is 5.60 Å². The second-order valence-electron chi connectivity index (χ2n) is 8.45. The van der Waals surface area contributed by atoms with E-state index in [4.69, 9.17) is 4.74 Å². The molecule has 1 aromatic heterocycles. The summed E-state index contributed by atoms with van der Waals surface area (Å²) in [5.41, 5.74) is 1.91. The van der Waals surface area contributed by atoms with Crippen LogP contribution < -0.4 is 4.74 Å². The maximum Gasteiger partial charge on any atom is 0.131 e. The first-order valence-corrected chi connectivity index (χ1v) is 11.4. The molecule has 4 nitrogen and oxygen atoms in total. The molecule has 0 aliphatic heterocycles. The highest BCUT2D eigenvalue weighted by atomic mass is 19.1. The van der Waals surface area contributed by atoms with Crippen molar-refractivity contribution in [1.82, 2.24) is 9.78 Å². The summed E-state index contributed by atoms with van der Waals surface area (Å²) in [5.74, 6) is 0.483. The summed E-state index contributed by atoms with van der Waals surface area (Å²) in [7, 11) is 1.63. The number of ether oxygens (including phenoxy) is 1. The molecule has 34 heavy (non-hydrogen) atoms. The van der Waals surface area contributed by atoms with Gasteiger partial charge in [0.05, 0.1) is 24.5 Å². The molecule has 0 aliphatic carbocycles. The Bertz CT molecular complexity index is 1420. The Morgan fingerprint density at radius 1 is 0.941 bits per heavy atom. The smallest absolute Gasteiger partial charge is 0.131 e. The van der Waals surface area contributed by atoms with Crippen LogP contribution >= 0.6 is 0 Å². The molecule has 5 rings (SSSR count). The van der Waals surface area contributed by atoms with Gasteiger partial charge in [0.1, 0.15) is 17.2 Å². The van der Waals surface area contributed by atoms with Crippen LogP contribution in [0.3, 0.4) is 0 Å². The Morgan fingerprint density at radius 3 is 2.29 bits per heavy atom. The summed E-state index contributed by atoms with van der Waals surface area (Å²) in [6, 6.07) is 23.7. The van der Waals surface area contributed by atoms with Gasteiger partial charge in [0.15, 0.2) is 0 Å². The molecule has 0 bridgehead atoms. The predicted octanol–water partition coefficient (Wildman–Crippen LogP) is 7.00. The van der Waals surface area contributed by atoms with Crippen molar-refractivity contribution in [3.8, 4) is 11.4 Å². The minimum absolute atomic E-state index is 0.300. The minimum Gasteiger partial charge on any atom is -0.497 e. The molecule has 5 aromatic rings. The number of methoxy groups -OCH3 is 1. The van der Waals surface area contributed by atoms with E-state index in [0.717, 1.165) is 22.3 Å². The van der Waals surface area contributed by atoms with E-state index in [9.17, 15) is 9.50 Å². The lowest BCUT2D eigenvalue weighted by atomic mass is 9.84. The van der Waals surface area contributed by atoms with Crippen LogP contribution in [0.25, 0.3) is 27.4 Å². The van der Waals surface area contributed by atoms with E-state index in [1.54, 1.807) is 38.4 Å². The van der Waals surface area contributed by atoms with Crippen LogP contribution in [0.5, 0.6) is 5.75 Å². The molecule has 1 atom stereocenters. The van der Waals surface area contributed by atoms with Gasteiger partial charge in [-0.1, -0.05) is 56.7 Å². The van der Waals surface area contributed by atoms with E-state index in [2.05, 4.69) is 18.9 Å². The van der Waals surface area contributed by atoms with E-state index >= 15 is 0 Å². The molecule has 0 aliphatic rings. The fourth-order valence-electron chi connectivity index (χ4n) is 4.11. The van der Waals surface area contributed by atoms with Gasteiger partial charge in [-0.05, 0) is 65.9 Å². The largest absolute Gasteiger partial charge is 0.497 e. The fourth-order valence-corrected chi connectivity index (χ4v) is 4.11. The van der Waals surface area contributed by atoms with Gasteiger partial charge in [0.2, 0.25) is 0 Å². The lowest BCUT2D eigenvalue weighted by molar-refractivity contribution is 0.104. The second-order valence-corrected chi connectivity index (χ2v) is 8.45.